The van der Waals surface area contributed by atoms with E-state index in [-0.39, 0.29) is 11.8 Å². The molecular weight excluding hydrogens is 335 g/mol. The number of alkyl halides is 2. The Bertz CT molecular complexity index is 673. The molecule has 0 heterocycles. The van der Waals surface area contributed by atoms with E-state index in [0.717, 1.165) is 5.56 Å². The van der Waals surface area contributed by atoms with Gasteiger partial charge in [0.25, 0.3) is 11.8 Å². The molecule has 0 unspecified atom stereocenters. The van der Waals surface area contributed by atoms with Gasteiger partial charge in [0.1, 0.15) is 11.0 Å². The van der Waals surface area contributed by atoms with E-state index in [1.54, 1.807) is 42.5 Å². The lowest BCUT2D eigenvalue weighted by molar-refractivity contribution is 0.0888. The molecule has 2 amide bonds. The summed E-state index contributed by atoms with van der Waals surface area (Å²) >= 11 is 11.7. The van der Waals surface area contributed by atoms with Crippen LogP contribution in [0.2, 0.25) is 0 Å². The molecule has 2 N–H and O–H groups in total. The molecule has 23 heavy (non-hydrogen) atoms. The van der Waals surface area contributed by atoms with Gasteiger partial charge in [-0.25, -0.2) is 0 Å². The Balaban J connectivity index is 2.05. The van der Waals surface area contributed by atoms with Crippen molar-refractivity contribution < 1.29 is 9.59 Å². The van der Waals surface area contributed by atoms with E-state index < -0.39 is 11.0 Å². The molecule has 0 saturated heterocycles. The van der Waals surface area contributed by atoms with Crippen LogP contribution in [0, 0.1) is 6.92 Å². The summed E-state index contributed by atoms with van der Waals surface area (Å²) < 4.78 is 0. The van der Waals surface area contributed by atoms with E-state index in [4.69, 9.17) is 23.2 Å². The average molecular weight is 351 g/mol. The Morgan fingerprint density at radius 3 is 1.78 bits per heavy atom. The topological polar surface area (TPSA) is 58.2 Å². The Morgan fingerprint density at radius 1 is 0.826 bits per heavy atom. The van der Waals surface area contributed by atoms with Gasteiger partial charge in [0.15, 0.2) is 0 Å². The van der Waals surface area contributed by atoms with Gasteiger partial charge < -0.3 is 10.6 Å². The van der Waals surface area contributed by atoms with Gasteiger partial charge in [0, 0.05) is 11.1 Å². The maximum absolute atomic E-state index is 12.2. The van der Waals surface area contributed by atoms with Crippen molar-refractivity contribution in [2.45, 2.75) is 17.9 Å². The summed E-state index contributed by atoms with van der Waals surface area (Å²) in [6, 6.07) is 15.6. The summed E-state index contributed by atoms with van der Waals surface area (Å²) in [6.45, 7) is 1.93. The molecule has 0 aliphatic rings. The van der Waals surface area contributed by atoms with Gasteiger partial charge in [-0.3, -0.25) is 9.59 Å². The Labute approximate surface area is 144 Å². The number of nitrogens with one attached hydrogen (secondary N) is 2. The third-order valence-electron chi connectivity index (χ3n) is 3.17. The Morgan fingerprint density at radius 2 is 1.30 bits per heavy atom. The van der Waals surface area contributed by atoms with Crippen LogP contribution in [0.3, 0.4) is 0 Å². The van der Waals surface area contributed by atoms with Crippen LogP contribution in [-0.2, 0) is 0 Å². The summed E-state index contributed by atoms with van der Waals surface area (Å²) in [5, 5.41) is 5.23. The van der Waals surface area contributed by atoms with Crippen LogP contribution in [0.1, 0.15) is 26.3 Å². The van der Waals surface area contributed by atoms with Gasteiger partial charge >= 0.3 is 0 Å². The highest BCUT2D eigenvalue weighted by Gasteiger charge is 2.22. The van der Waals surface area contributed by atoms with Crippen LogP contribution in [-0.4, -0.2) is 22.8 Å². The molecule has 0 saturated carbocycles. The number of hydrogen-bond donors (Lipinski definition) is 2. The molecule has 2 aromatic carbocycles. The van der Waals surface area contributed by atoms with Crippen molar-refractivity contribution in [3.63, 3.8) is 0 Å². The largest absolute Gasteiger partial charge is 0.329 e. The highest BCUT2D eigenvalue weighted by Crippen LogP contribution is 2.09. The molecular formula is C17H16Cl2N2O2. The number of aryl methyl sites for hydroxylation is 1. The first-order valence-electron chi connectivity index (χ1n) is 6.99. The number of amides is 2. The molecule has 0 aliphatic carbocycles. The zero-order valence-corrected chi connectivity index (χ0v) is 13.9. The molecule has 0 spiro atoms. The Kier molecular flexibility index (Phi) is 6.02. The molecule has 4 nitrogen and oxygen atoms in total. The van der Waals surface area contributed by atoms with Gasteiger partial charge in [-0.2, -0.15) is 0 Å². The molecule has 0 aromatic heterocycles. The van der Waals surface area contributed by atoms with Crippen LogP contribution in [0.5, 0.6) is 0 Å². The molecule has 2 rings (SSSR count). The molecule has 1 atom stereocenters. The molecule has 6 heteroatoms. The summed E-state index contributed by atoms with van der Waals surface area (Å²) in [7, 11) is 0. The molecule has 2 aromatic rings. The van der Waals surface area contributed by atoms with Gasteiger partial charge in [0.05, 0.1) is 0 Å². The van der Waals surface area contributed by atoms with Crippen molar-refractivity contribution in [2.75, 3.05) is 0 Å². The molecule has 120 valence electrons. The van der Waals surface area contributed by atoms with E-state index in [9.17, 15) is 9.59 Å². The normalized spacial score (nSPS) is 11.8. The summed E-state index contributed by atoms with van der Waals surface area (Å²) in [4.78, 5) is 23.4. The summed E-state index contributed by atoms with van der Waals surface area (Å²) in [5.41, 5.74) is 1.96. The zero-order chi connectivity index (χ0) is 16.8. The van der Waals surface area contributed by atoms with Crippen LogP contribution >= 0.6 is 23.2 Å². The van der Waals surface area contributed by atoms with E-state index >= 15 is 0 Å². The van der Waals surface area contributed by atoms with E-state index in [0.29, 0.717) is 11.1 Å². The van der Waals surface area contributed by atoms with Crippen molar-refractivity contribution in [3.8, 4) is 0 Å². The highest BCUT2D eigenvalue weighted by atomic mass is 35.5. The van der Waals surface area contributed by atoms with Crippen LogP contribution in [0.15, 0.2) is 54.6 Å². The highest BCUT2D eigenvalue weighted by molar-refractivity contribution is 6.45. The van der Waals surface area contributed by atoms with Crippen LogP contribution in [0.4, 0.5) is 0 Å². The smallest absolute Gasteiger partial charge is 0.252 e. The van der Waals surface area contributed by atoms with Crippen molar-refractivity contribution in [3.05, 3.63) is 71.3 Å². The first kappa shape index (κ1) is 17.3. The predicted molar refractivity (Wildman–Crippen MR) is 91.8 cm³/mol. The molecule has 0 aliphatic heterocycles. The van der Waals surface area contributed by atoms with E-state index in [2.05, 4.69) is 10.6 Å². The molecule has 0 bridgehead atoms. The number of carbonyl (C=O) groups excluding carboxylic acids is 2. The second kappa shape index (κ2) is 7.99. The number of rotatable bonds is 5. The van der Waals surface area contributed by atoms with Gasteiger partial charge in [-0.15, -0.1) is 23.2 Å². The van der Waals surface area contributed by atoms with E-state index in [1.165, 1.54) is 0 Å². The maximum atomic E-state index is 12.2. The minimum Gasteiger partial charge on any atom is -0.329 e. The van der Waals surface area contributed by atoms with E-state index in [1.807, 2.05) is 19.1 Å². The first-order chi connectivity index (χ1) is 11.0. The fourth-order valence-electron chi connectivity index (χ4n) is 1.91. The maximum Gasteiger partial charge on any atom is 0.252 e. The van der Waals surface area contributed by atoms with Crippen molar-refractivity contribution in [1.29, 1.82) is 0 Å². The number of carbonyl (C=O) groups is 2. The quantitative estimate of drug-likeness (QED) is 0.642. The van der Waals surface area contributed by atoms with Crippen LogP contribution < -0.4 is 10.6 Å². The lowest BCUT2D eigenvalue weighted by Gasteiger charge is -2.21. The standard InChI is InChI=1S/C17H16Cl2N2O2/c1-11-7-9-13(10-8-11)17(23)21-15(14(18)19)20-16(22)12-5-3-2-4-6-12/h2-10,14-15H,1H3,(H,20,22)(H,21,23)/t15-/m0/s1. The van der Waals surface area contributed by atoms with Crippen LogP contribution in [0.25, 0.3) is 0 Å². The number of hydrogen-bond acceptors (Lipinski definition) is 2. The minimum absolute atomic E-state index is 0.366. The molecule has 0 radical (unpaired) electrons. The van der Waals surface area contributed by atoms with Gasteiger partial charge in [0.2, 0.25) is 0 Å². The zero-order valence-electron chi connectivity index (χ0n) is 12.4. The van der Waals surface area contributed by atoms with Crippen molar-refractivity contribution >= 4 is 35.0 Å². The first-order valence-corrected chi connectivity index (χ1v) is 7.86. The van der Waals surface area contributed by atoms with Crippen molar-refractivity contribution in [2.24, 2.45) is 0 Å². The third kappa shape index (κ3) is 4.98. The SMILES string of the molecule is Cc1ccc(C(=O)N[C@H](NC(=O)c2ccccc2)C(Cl)Cl)cc1. The fraction of sp³-hybridized carbons (Fsp3) is 0.176. The second-order valence-corrected chi connectivity index (χ2v) is 6.15. The van der Waals surface area contributed by atoms with Crippen molar-refractivity contribution in [1.82, 2.24) is 10.6 Å². The summed E-state index contributed by atoms with van der Waals surface area (Å²) in [6.07, 6.45) is -0.903. The summed E-state index contributed by atoms with van der Waals surface area (Å²) in [5.74, 6) is -0.735. The fourth-order valence-corrected chi connectivity index (χ4v) is 2.16. The minimum atomic E-state index is -0.989. The number of benzene rings is 2. The average Bonchev–Trinajstić information content (AvgIpc) is 2.55. The second-order valence-electron chi connectivity index (χ2n) is 4.99. The Hall–Kier alpha value is -2.04. The van der Waals surface area contributed by atoms with Gasteiger partial charge in [-0.05, 0) is 31.2 Å². The number of halogens is 2. The molecule has 0 fully saturated rings. The van der Waals surface area contributed by atoms with Gasteiger partial charge in [-0.1, -0.05) is 35.9 Å². The lowest BCUT2D eigenvalue weighted by Crippen LogP contribution is -2.51. The monoisotopic (exact) mass is 350 g/mol. The lowest BCUT2D eigenvalue weighted by atomic mass is 10.1. The predicted octanol–water partition coefficient (Wildman–Crippen LogP) is 3.28. The third-order valence-corrected chi connectivity index (χ3v) is 3.68.